The predicted molar refractivity (Wildman–Crippen MR) is 133 cm³/mol. The van der Waals surface area contributed by atoms with Gasteiger partial charge in [0, 0.05) is 51.1 Å². The predicted octanol–water partition coefficient (Wildman–Crippen LogP) is 3.92. The van der Waals surface area contributed by atoms with Gasteiger partial charge >= 0.3 is 0 Å². The van der Waals surface area contributed by atoms with Crippen molar-refractivity contribution in [2.24, 2.45) is 20.0 Å². The Morgan fingerprint density at radius 2 is 1.94 bits per heavy atom. The Bertz CT molecular complexity index is 1250. The normalized spacial score (nSPS) is 18.4. The highest BCUT2D eigenvalue weighted by Crippen LogP contribution is 2.33. The van der Waals surface area contributed by atoms with E-state index in [0.29, 0.717) is 42.3 Å². The van der Waals surface area contributed by atoms with Gasteiger partial charge in [-0.2, -0.15) is 5.10 Å². The van der Waals surface area contributed by atoms with E-state index in [-0.39, 0.29) is 17.9 Å². The molecular weight excluding hydrogens is 444 g/mol. The van der Waals surface area contributed by atoms with Crippen LogP contribution in [0.1, 0.15) is 78.5 Å². The smallest absolute Gasteiger partial charge is 0.253 e. The van der Waals surface area contributed by atoms with Crippen molar-refractivity contribution in [3.8, 4) is 0 Å². The quantitative estimate of drug-likeness (QED) is 0.536. The number of fused-ring (bicyclic) bond motifs is 1. The molecule has 2 N–H and O–H groups in total. The molecule has 186 valence electrons. The lowest BCUT2D eigenvalue weighted by Crippen LogP contribution is -2.24. The highest BCUT2D eigenvalue weighted by molar-refractivity contribution is 6.07. The van der Waals surface area contributed by atoms with Gasteiger partial charge in [0.15, 0.2) is 0 Å². The number of nitrogens with zero attached hydrogens (tertiary/aromatic N) is 4. The van der Waals surface area contributed by atoms with Crippen LogP contribution in [-0.2, 0) is 30.2 Å². The molecule has 1 unspecified atom stereocenters. The molecule has 1 saturated carbocycles. The molecule has 1 atom stereocenters. The van der Waals surface area contributed by atoms with Crippen molar-refractivity contribution in [3.05, 3.63) is 41.0 Å². The topological polar surface area (TPSA) is 103 Å². The maximum Gasteiger partial charge on any atom is 0.253 e. The van der Waals surface area contributed by atoms with E-state index in [9.17, 15) is 9.59 Å². The third-order valence-electron chi connectivity index (χ3n) is 7.25. The van der Waals surface area contributed by atoms with Crippen LogP contribution >= 0.6 is 0 Å². The van der Waals surface area contributed by atoms with Crippen LogP contribution in [0.15, 0.2) is 18.3 Å². The van der Waals surface area contributed by atoms with Gasteiger partial charge in [-0.3, -0.25) is 14.3 Å². The molecule has 0 bridgehead atoms. The molecule has 0 radical (unpaired) electrons. The number of carbonyl (C=O) groups is 2. The molecule has 5 rings (SSSR count). The first kappa shape index (κ1) is 23.5. The van der Waals surface area contributed by atoms with Crippen molar-refractivity contribution in [2.45, 2.75) is 64.5 Å². The maximum absolute atomic E-state index is 13.4. The number of benzene rings is 1. The number of aromatic nitrogens is 4. The molecule has 9 heteroatoms. The summed E-state index contributed by atoms with van der Waals surface area (Å²) < 4.78 is 9.58. The van der Waals surface area contributed by atoms with Crippen molar-refractivity contribution in [1.82, 2.24) is 24.6 Å². The number of amides is 2. The van der Waals surface area contributed by atoms with Gasteiger partial charge in [-0.1, -0.05) is 12.8 Å². The van der Waals surface area contributed by atoms with Gasteiger partial charge in [0.05, 0.1) is 22.3 Å². The lowest BCUT2D eigenvalue weighted by atomic mass is 10.0. The van der Waals surface area contributed by atoms with Gasteiger partial charge in [0.1, 0.15) is 11.9 Å². The molecule has 1 saturated heterocycles. The standard InChI is InChI=1S/C26H34N6O3/c1-16-18(15-31(2)30-16)14-27-26(34)20-12-19(28-23(33)11-17-7-4-5-8-17)13-21-24(20)32(3)25(29-21)22-9-6-10-35-22/h12-13,15,17,22H,4-11,14H2,1-3H3,(H,27,34)(H,28,33). The molecule has 2 aliphatic rings. The molecule has 1 aliphatic heterocycles. The maximum atomic E-state index is 13.4. The summed E-state index contributed by atoms with van der Waals surface area (Å²) in [5, 5.41) is 10.4. The molecule has 35 heavy (non-hydrogen) atoms. The van der Waals surface area contributed by atoms with E-state index in [2.05, 4.69) is 15.7 Å². The van der Waals surface area contributed by atoms with E-state index in [1.54, 1.807) is 10.7 Å². The van der Waals surface area contributed by atoms with Gasteiger partial charge in [-0.05, 0) is 50.7 Å². The minimum atomic E-state index is -0.216. The number of ether oxygens (including phenoxy) is 1. The monoisotopic (exact) mass is 478 g/mol. The number of hydrogen-bond donors (Lipinski definition) is 2. The van der Waals surface area contributed by atoms with Crippen molar-refractivity contribution >= 4 is 28.5 Å². The summed E-state index contributed by atoms with van der Waals surface area (Å²) in [7, 11) is 3.79. The van der Waals surface area contributed by atoms with Gasteiger partial charge in [0.2, 0.25) is 5.91 Å². The number of anilines is 1. The minimum absolute atomic E-state index is 0.0103. The highest BCUT2D eigenvalue weighted by Gasteiger charge is 2.26. The summed E-state index contributed by atoms with van der Waals surface area (Å²) in [6.45, 7) is 3.01. The fourth-order valence-corrected chi connectivity index (χ4v) is 5.47. The van der Waals surface area contributed by atoms with Crippen LogP contribution in [0.25, 0.3) is 11.0 Å². The van der Waals surface area contributed by atoms with Crippen molar-refractivity contribution in [3.63, 3.8) is 0 Å². The van der Waals surface area contributed by atoms with Crippen LogP contribution in [0.3, 0.4) is 0 Å². The van der Waals surface area contributed by atoms with E-state index in [0.717, 1.165) is 48.3 Å². The van der Waals surface area contributed by atoms with E-state index < -0.39 is 0 Å². The largest absolute Gasteiger partial charge is 0.370 e. The fourth-order valence-electron chi connectivity index (χ4n) is 5.47. The van der Waals surface area contributed by atoms with Crippen LogP contribution in [0.4, 0.5) is 5.69 Å². The van der Waals surface area contributed by atoms with Gasteiger partial charge in [0.25, 0.3) is 5.91 Å². The minimum Gasteiger partial charge on any atom is -0.370 e. The Labute approximate surface area is 205 Å². The van der Waals surface area contributed by atoms with Gasteiger partial charge < -0.3 is 19.9 Å². The first-order chi connectivity index (χ1) is 16.9. The number of hydrogen-bond acceptors (Lipinski definition) is 5. The Morgan fingerprint density at radius 1 is 1.14 bits per heavy atom. The molecular formula is C26H34N6O3. The average molecular weight is 479 g/mol. The van der Waals surface area contributed by atoms with Crippen LogP contribution < -0.4 is 10.6 Å². The Kier molecular flexibility index (Phi) is 6.60. The molecule has 0 spiro atoms. The molecule has 2 amide bonds. The number of imidazole rings is 1. The summed E-state index contributed by atoms with van der Waals surface area (Å²) in [6.07, 6.45) is 8.86. The highest BCUT2D eigenvalue weighted by atomic mass is 16.5. The zero-order chi connectivity index (χ0) is 24.5. The van der Waals surface area contributed by atoms with Gasteiger partial charge in [-0.15, -0.1) is 0 Å². The SMILES string of the molecule is Cc1nn(C)cc1CNC(=O)c1cc(NC(=O)CC2CCCC2)cc2nc(C3CCCO3)n(C)c12. The number of rotatable bonds is 7. The van der Waals surface area contributed by atoms with Crippen LogP contribution in [-0.4, -0.2) is 37.8 Å². The fraction of sp³-hybridized carbons (Fsp3) is 0.538. The number of carbonyl (C=O) groups excluding carboxylic acids is 2. The van der Waals surface area contributed by atoms with E-state index in [1.165, 1.54) is 12.8 Å². The summed E-state index contributed by atoms with van der Waals surface area (Å²) >= 11 is 0. The Morgan fingerprint density at radius 3 is 2.63 bits per heavy atom. The summed E-state index contributed by atoms with van der Waals surface area (Å²) in [5.41, 5.74) is 4.35. The molecule has 1 aliphatic carbocycles. The van der Waals surface area contributed by atoms with Crippen molar-refractivity contribution in [2.75, 3.05) is 11.9 Å². The second kappa shape index (κ2) is 9.81. The lowest BCUT2D eigenvalue weighted by Gasteiger charge is -2.13. The molecule has 9 nitrogen and oxygen atoms in total. The van der Waals surface area contributed by atoms with Crippen molar-refractivity contribution in [1.29, 1.82) is 0 Å². The number of nitrogens with one attached hydrogen (secondary N) is 2. The van der Waals surface area contributed by atoms with Crippen LogP contribution in [0, 0.1) is 12.8 Å². The molecule has 2 aromatic heterocycles. The second-order valence-electron chi connectivity index (χ2n) is 9.92. The van der Waals surface area contributed by atoms with Crippen LogP contribution in [0.2, 0.25) is 0 Å². The van der Waals surface area contributed by atoms with E-state index in [1.807, 2.05) is 37.8 Å². The third kappa shape index (κ3) is 4.96. The molecule has 3 heterocycles. The third-order valence-corrected chi connectivity index (χ3v) is 7.25. The molecule has 3 aromatic rings. The second-order valence-corrected chi connectivity index (χ2v) is 9.92. The summed E-state index contributed by atoms with van der Waals surface area (Å²) in [4.78, 5) is 31.0. The van der Waals surface area contributed by atoms with Crippen molar-refractivity contribution < 1.29 is 14.3 Å². The lowest BCUT2D eigenvalue weighted by molar-refractivity contribution is -0.117. The first-order valence-corrected chi connectivity index (χ1v) is 12.6. The summed E-state index contributed by atoms with van der Waals surface area (Å²) in [6, 6.07) is 3.63. The van der Waals surface area contributed by atoms with E-state index >= 15 is 0 Å². The zero-order valence-corrected chi connectivity index (χ0v) is 20.8. The first-order valence-electron chi connectivity index (χ1n) is 12.6. The van der Waals surface area contributed by atoms with E-state index in [4.69, 9.17) is 9.72 Å². The van der Waals surface area contributed by atoms with Crippen LogP contribution in [0.5, 0.6) is 0 Å². The summed E-state index contributed by atoms with van der Waals surface area (Å²) in [5.74, 6) is 1.03. The van der Waals surface area contributed by atoms with Gasteiger partial charge in [-0.25, -0.2) is 4.98 Å². The Hall–Kier alpha value is -3.20. The molecule has 1 aromatic carbocycles. The Balaban J connectivity index is 1.45. The average Bonchev–Trinajstić information content (AvgIpc) is 3.61. The molecule has 2 fully saturated rings. The zero-order valence-electron chi connectivity index (χ0n) is 20.8. The number of aryl methyl sites for hydroxylation is 3.